The lowest BCUT2D eigenvalue weighted by Gasteiger charge is -2.30. The third-order valence-corrected chi connectivity index (χ3v) is 5.82. The number of carbonyl (C=O) groups excluding carboxylic acids is 3. The van der Waals surface area contributed by atoms with Crippen LogP contribution in [0.25, 0.3) is 0 Å². The largest absolute Gasteiger partial charge is 0.464 e. The summed E-state index contributed by atoms with van der Waals surface area (Å²) in [4.78, 5) is 39.2. The second kappa shape index (κ2) is 10.8. The lowest BCUT2D eigenvalue weighted by Crippen LogP contribution is -2.44. The van der Waals surface area contributed by atoms with Crippen molar-refractivity contribution in [1.29, 1.82) is 0 Å². The van der Waals surface area contributed by atoms with Crippen LogP contribution in [-0.4, -0.2) is 42.4 Å². The monoisotopic (exact) mass is 525 g/mol. The Balaban J connectivity index is 2.21. The Morgan fingerprint density at radius 3 is 2.53 bits per heavy atom. The molecule has 3 amide bonds. The van der Waals surface area contributed by atoms with Crippen molar-refractivity contribution in [3.63, 3.8) is 0 Å². The highest BCUT2D eigenvalue weighted by molar-refractivity contribution is 7.09. The number of ether oxygens (including phenoxy) is 1. The number of benzene rings is 1. The Kier molecular flexibility index (Phi) is 8.00. The number of carbonyl (C=O) groups is 3. The zero-order valence-corrected chi connectivity index (χ0v) is 19.9. The minimum Gasteiger partial charge on any atom is -0.464 e. The Hall–Kier alpha value is -3.91. The molecule has 3 rings (SSSR count). The van der Waals surface area contributed by atoms with E-state index in [0.717, 1.165) is 23.1 Å². The summed E-state index contributed by atoms with van der Waals surface area (Å²) in [5.74, 6) is -2.37. The number of rotatable bonds is 9. The SMILES string of the molecule is COCCNC(=O)C(c1ccc(C)o1)N(C(=O)c1snc(C(N)=O)c1N)c1cccc(C(F)(F)F)c1. The number of aryl methyl sites for hydroxylation is 1. The van der Waals surface area contributed by atoms with Gasteiger partial charge in [0.25, 0.3) is 17.7 Å². The molecular formula is C22H22F3N5O5S. The van der Waals surface area contributed by atoms with Crippen LogP contribution in [0.15, 0.2) is 40.8 Å². The number of nitrogens with two attached hydrogens (primary N) is 2. The lowest BCUT2D eigenvalue weighted by atomic mass is 10.1. The number of nitrogens with zero attached hydrogens (tertiary/aromatic N) is 2. The number of aromatic nitrogens is 1. The molecule has 0 fully saturated rings. The molecule has 3 aromatic rings. The van der Waals surface area contributed by atoms with Crippen LogP contribution in [0.3, 0.4) is 0 Å². The predicted octanol–water partition coefficient (Wildman–Crippen LogP) is 2.90. The van der Waals surface area contributed by atoms with Crippen molar-refractivity contribution in [2.45, 2.75) is 19.1 Å². The summed E-state index contributed by atoms with van der Waals surface area (Å²) in [5, 5.41) is 2.57. The normalized spacial score (nSPS) is 12.2. The second-order valence-electron chi connectivity index (χ2n) is 7.50. The van der Waals surface area contributed by atoms with Gasteiger partial charge < -0.3 is 25.9 Å². The van der Waals surface area contributed by atoms with Gasteiger partial charge in [-0.05, 0) is 48.8 Å². The number of hydrogen-bond donors (Lipinski definition) is 3. The van der Waals surface area contributed by atoms with Gasteiger partial charge in [0, 0.05) is 19.3 Å². The first-order chi connectivity index (χ1) is 17.0. The molecule has 0 spiro atoms. The molecule has 36 heavy (non-hydrogen) atoms. The maximum atomic E-state index is 13.8. The fourth-order valence-electron chi connectivity index (χ4n) is 3.30. The number of anilines is 2. The Labute approximate surface area is 207 Å². The van der Waals surface area contributed by atoms with Gasteiger partial charge in [0.05, 0.1) is 17.9 Å². The Bertz CT molecular complexity index is 1270. The summed E-state index contributed by atoms with van der Waals surface area (Å²) < 4.78 is 54.8. The zero-order chi connectivity index (χ0) is 26.6. The van der Waals surface area contributed by atoms with E-state index >= 15 is 0 Å². The van der Waals surface area contributed by atoms with Crippen molar-refractivity contribution >= 4 is 40.6 Å². The van der Waals surface area contributed by atoms with Gasteiger partial charge in [-0.25, -0.2) is 0 Å². The van der Waals surface area contributed by atoms with Crippen LogP contribution in [0.1, 0.15) is 43.3 Å². The van der Waals surface area contributed by atoms with E-state index in [-0.39, 0.29) is 40.9 Å². The smallest absolute Gasteiger partial charge is 0.416 e. The minimum absolute atomic E-state index is 0.0219. The number of nitrogens with one attached hydrogen (secondary N) is 1. The van der Waals surface area contributed by atoms with E-state index in [1.807, 2.05) is 0 Å². The van der Waals surface area contributed by atoms with E-state index in [1.165, 1.54) is 25.3 Å². The first-order valence-corrected chi connectivity index (χ1v) is 11.1. The third kappa shape index (κ3) is 5.66. The summed E-state index contributed by atoms with van der Waals surface area (Å²) in [7, 11) is 1.42. The highest BCUT2D eigenvalue weighted by atomic mass is 32.1. The standard InChI is InChI=1S/C22H22F3N5O5S/c1-11-6-7-14(35-11)17(20(32)28-8-9-34-2)30(13-5-3-4-12(10-13)22(23,24)25)21(33)18-15(26)16(19(27)31)29-36-18/h3-7,10,17H,8-9,26H2,1-2H3,(H2,27,31)(H,28,32). The van der Waals surface area contributed by atoms with Gasteiger partial charge in [0.15, 0.2) is 11.7 Å². The number of hydrogen-bond acceptors (Lipinski definition) is 8. The Morgan fingerprint density at radius 1 is 1.25 bits per heavy atom. The highest BCUT2D eigenvalue weighted by Gasteiger charge is 2.39. The number of alkyl halides is 3. The van der Waals surface area contributed by atoms with Gasteiger partial charge in [-0.2, -0.15) is 17.5 Å². The van der Waals surface area contributed by atoms with Gasteiger partial charge >= 0.3 is 6.18 Å². The summed E-state index contributed by atoms with van der Waals surface area (Å²) in [6.45, 7) is 1.78. The van der Waals surface area contributed by atoms with Crippen LogP contribution in [0.2, 0.25) is 0 Å². The molecule has 0 aliphatic rings. The van der Waals surface area contributed by atoms with Gasteiger partial charge in [-0.1, -0.05) is 6.07 Å². The molecule has 14 heteroatoms. The molecule has 0 radical (unpaired) electrons. The average molecular weight is 526 g/mol. The van der Waals surface area contributed by atoms with Crippen LogP contribution < -0.4 is 21.7 Å². The molecule has 2 aromatic heterocycles. The molecule has 0 aliphatic heterocycles. The molecule has 1 atom stereocenters. The van der Waals surface area contributed by atoms with Crippen LogP contribution in [-0.2, 0) is 15.7 Å². The van der Waals surface area contributed by atoms with E-state index in [4.69, 9.17) is 20.6 Å². The van der Waals surface area contributed by atoms with Crippen LogP contribution in [0, 0.1) is 6.92 Å². The molecule has 1 aromatic carbocycles. The van der Waals surface area contributed by atoms with Crippen molar-refractivity contribution in [3.8, 4) is 0 Å². The quantitative estimate of drug-likeness (QED) is 0.363. The van der Waals surface area contributed by atoms with E-state index < -0.39 is 35.5 Å². The number of primary amides is 1. The molecule has 0 saturated carbocycles. The maximum absolute atomic E-state index is 13.8. The van der Waals surface area contributed by atoms with E-state index in [1.54, 1.807) is 6.92 Å². The number of methoxy groups -OCH3 is 1. The van der Waals surface area contributed by atoms with Crippen molar-refractivity contribution in [2.75, 3.05) is 30.9 Å². The zero-order valence-electron chi connectivity index (χ0n) is 19.1. The molecule has 5 N–H and O–H groups in total. The van der Waals surface area contributed by atoms with Crippen molar-refractivity contribution in [3.05, 3.63) is 64.1 Å². The number of furan rings is 1. The van der Waals surface area contributed by atoms with Crippen molar-refractivity contribution in [2.24, 2.45) is 5.73 Å². The van der Waals surface area contributed by atoms with Gasteiger partial charge in [-0.15, -0.1) is 0 Å². The number of nitrogen functional groups attached to an aromatic ring is 1. The molecule has 0 saturated heterocycles. The van der Waals surface area contributed by atoms with Gasteiger partial charge in [-0.3, -0.25) is 19.3 Å². The molecule has 2 heterocycles. The summed E-state index contributed by atoms with van der Waals surface area (Å²) in [6.07, 6.45) is -4.73. The van der Waals surface area contributed by atoms with Crippen molar-refractivity contribution in [1.82, 2.24) is 9.69 Å². The average Bonchev–Trinajstić information content (AvgIpc) is 3.41. The van der Waals surface area contributed by atoms with Gasteiger partial charge in [0.1, 0.15) is 16.4 Å². The summed E-state index contributed by atoms with van der Waals surface area (Å²) >= 11 is 0.525. The molecule has 1 unspecified atom stereocenters. The molecule has 0 aliphatic carbocycles. The highest BCUT2D eigenvalue weighted by Crippen LogP contribution is 2.37. The predicted molar refractivity (Wildman–Crippen MR) is 124 cm³/mol. The summed E-state index contributed by atoms with van der Waals surface area (Å²) in [6, 6.07) is 5.27. The lowest BCUT2D eigenvalue weighted by molar-refractivity contribution is -0.137. The maximum Gasteiger partial charge on any atom is 0.416 e. The fourth-order valence-corrected chi connectivity index (χ4v) is 4.04. The number of amides is 3. The van der Waals surface area contributed by atoms with Crippen LogP contribution in [0.4, 0.5) is 24.5 Å². The van der Waals surface area contributed by atoms with Crippen LogP contribution in [0.5, 0.6) is 0 Å². The fraction of sp³-hybridized carbons (Fsp3) is 0.273. The molecule has 192 valence electrons. The molecule has 0 bridgehead atoms. The minimum atomic E-state index is -4.73. The van der Waals surface area contributed by atoms with Crippen molar-refractivity contribution < 1.29 is 36.7 Å². The Morgan fingerprint density at radius 2 is 1.97 bits per heavy atom. The topological polar surface area (TPSA) is 154 Å². The first-order valence-electron chi connectivity index (χ1n) is 10.3. The van der Waals surface area contributed by atoms with E-state index in [0.29, 0.717) is 17.3 Å². The number of halogens is 3. The summed E-state index contributed by atoms with van der Waals surface area (Å²) in [5.41, 5.74) is 9.10. The third-order valence-electron chi connectivity index (χ3n) is 4.97. The first kappa shape index (κ1) is 26.7. The molecule has 10 nitrogen and oxygen atoms in total. The molecular weight excluding hydrogens is 503 g/mol. The van der Waals surface area contributed by atoms with Crippen LogP contribution >= 0.6 is 11.5 Å². The van der Waals surface area contributed by atoms with E-state index in [2.05, 4.69) is 9.69 Å². The van der Waals surface area contributed by atoms with Gasteiger partial charge in [0.2, 0.25) is 0 Å². The second-order valence-corrected chi connectivity index (χ2v) is 8.27. The van der Waals surface area contributed by atoms with E-state index in [9.17, 15) is 27.6 Å².